The third-order valence-corrected chi connectivity index (χ3v) is 1.42. The molecular formula is C10H23N3O. The third kappa shape index (κ3) is 7.86. The number of methoxy groups -OCH3 is 1. The molecular weight excluding hydrogens is 178 g/mol. The summed E-state index contributed by atoms with van der Waals surface area (Å²) in [7, 11) is 1.68. The summed E-state index contributed by atoms with van der Waals surface area (Å²) in [5, 5.41) is 6.51. The van der Waals surface area contributed by atoms with Crippen LogP contribution in [0.25, 0.3) is 0 Å². The van der Waals surface area contributed by atoms with Crippen LogP contribution in [0.3, 0.4) is 0 Å². The van der Waals surface area contributed by atoms with Gasteiger partial charge in [0, 0.05) is 19.2 Å². The first-order valence-electron chi connectivity index (χ1n) is 5.12. The van der Waals surface area contributed by atoms with E-state index in [4.69, 9.17) is 4.74 Å². The summed E-state index contributed by atoms with van der Waals surface area (Å²) in [5.41, 5.74) is 0. The highest BCUT2D eigenvalue weighted by molar-refractivity contribution is 5.80. The first-order valence-corrected chi connectivity index (χ1v) is 5.12. The van der Waals surface area contributed by atoms with Crippen molar-refractivity contribution >= 4 is 5.96 Å². The van der Waals surface area contributed by atoms with Crippen LogP contribution in [0.2, 0.25) is 0 Å². The van der Waals surface area contributed by atoms with E-state index in [2.05, 4.69) is 43.3 Å². The van der Waals surface area contributed by atoms with Crippen molar-refractivity contribution in [1.29, 1.82) is 0 Å². The average molecular weight is 201 g/mol. The van der Waals surface area contributed by atoms with Gasteiger partial charge in [-0.05, 0) is 27.7 Å². The Morgan fingerprint density at radius 2 is 1.64 bits per heavy atom. The van der Waals surface area contributed by atoms with E-state index in [1.165, 1.54) is 0 Å². The number of aliphatic imine (C=N–C) groups is 1. The molecule has 0 amide bonds. The number of rotatable bonds is 5. The molecule has 0 spiro atoms. The topological polar surface area (TPSA) is 45.6 Å². The molecule has 0 aliphatic rings. The molecule has 4 heteroatoms. The monoisotopic (exact) mass is 201 g/mol. The van der Waals surface area contributed by atoms with E-state index >= 15 is 0 Å². The lowest BCUT2D eigenvalue weighted by molar-refractivity contribution is 0.208. The smallest absolute Gasteiger partial charge is 0.191 e. The Balaban J connectivity index is 4.01. The second kappa shape index (κ2) is 7.62. The molecule has 0 fully saturated rings. The quantitative estimate of drug-likeness (QED) is 0.396. The summed E-state index contributed by atoms with van der Waals surface area (Å²) in [6, 6.07) is 0.782. The Kier molecular flexibility index (Phi) is 7.20. The van der Waals surface area contributed by atoms with E-state index in [-0.39, 0.29) is 0 Å². The number of ether oxygens (including phenoxy) is 1. The SMILES string of the molecule is COCCN=C(NC(C)C)NC(C)C. The van der Waals surface area contributed by atoms with Gasteiger partial charge in [0.1, 0.15) is 0 Å². The number of hydrogen-bond acceptors (Lipinski definition) is 2. The van der Waals surface area contributed by atoms with Crippen molar-refractivity contribution in [3.05, 3.63) is 0 Å². The van der Waals surface area contributed by atoms with Crippen LogP contribution in [-0.4, -0.2) is 38.3 Å². The summed E-state index contributed by atoms with van der Waals surface area (Å²) in [6.07, 6.45) is 0. The van der Waals surface area contributed by atoms with Gasteiger partial charge >= 0.3 is 0 Å². The van der Waals surface area contributed by atoms with Crippen molar-refractivity contribution in [2.24, 2.45) is 4.99 Å². The zero-order chi connectivity index (χ0) is 11.0. The van der Waals surface area contributed by atoms with Crippen molar-refractivity contribution < 1.29 is 4.74 Å². The van der Waals surface area contributed by atoms with E-state index in [9.17, 15) is 0 Å². The summed E-state index contributed by atoms with van der Waals surface area (Å²) in [5.74, 6) is 0.854. The largest absolute Gasteiger partial charge is 0.383 e. The first-order chi connectivity index (χ1) is 6.56. The van der Waals surface area contributed by atoms with Crippen LogP contribution in [0.5, 0.6) is 0 Å². The second-order valence-electron chi connectivity index (χ2n) is 3.82. The van der Waals surface area contributed by atoms with Gasteiger partial charge in [0.25, 0.3) is 0 Å². The Morgan fingerprint density at radius 3 is 2.00 bits per heavy atom. The van der Waals surface area contributed by atoms with E-state index in [0.29, 0.717) is 25.2 Å². The predicted octanol–water partition coefficient (Wildman–Crippen LogP) is 0.985. The Morgan fingerprint density at radius 1 is 1.14 bits per heavy atom. The molecule has 0 radical (unpaired) electrons. The summed E-state index contributed by atoms with van der Waals surface area (Å²) in [4.78, 5) is 4.36. The number of nitrogens with zero attached hydrogens (tertiary/aromatic N) is 1. The fraction of sp³-hybridized carbons (Fsp3) is 0.900. The molecule has 0 aliphatic heterocycles. The molecule has 0 bridgehead atoms. The number of nitrogens with one attached hydrogen (secondary N) is 2. The minimum Gasteiger partial charge on any atom is -0.383 e. The molecule has 0 unspecified atom stereocenters. The molecule has 0 atom stereocenters. The van der Waals surface area contributed by atoms with Crippen LogP contribution in [0.1, 0.15) is 27.7 Å². The zero-order valence-electron chi connectivity index (χ0n) is 9.92. The van der Waals surface area contributed by atoms with E-state index in [1.54, 1.807) is 7.11 Å². The summed E-state index contributed by atoms with van der Waals surface area (Å²) in [6.45, 7) is 9.71. The zero-order valence-corrected chi connectivity index (χ0v) is 9.92. The maximum atomic E-state index is 4.94. The fourth-order valence-corrected chi connectivity index (χ4v) is 0.929. The van der Waals surface area contributed by atoms with Gasteiger partial charge in [-0.2, -0.15) is 0 Å². The minimum absolute atomic E-state index is 0.391. The maximum Gasteiger partial charge on any atom is 0.191 e. The standard InChI is InChI=1S/C10H23N3O/c1-8(2)12-10(13-9(3)4)11-6-7-14-5/h8-9H,6-7H2,1-5H3,(H2,11,12,13). The van der Waals surface area contributed by atoms with Gasteiger partial charge in [-0.1, -0.05) is 0 Å². The molecule has 0 rings (SSSR count). The molecule has 0 aromatic rings. The van der Waals surface area contributed by atoms with Crippen LogP contribution in [0.4, 0.5) is 0 Å². The lowest BCUT2D eigenvalue weighted by Gasteiger charge is -2.17. The molecule has 0 aromatic carbocycles. The van der Waals surface area contributed by atoms with E-state index in [1.807, 2.05) is 0 Å². The average Bonchev–Trinajstić information content (AvgIpc) is 2.02. The second-order valence-corrected chi connectivity index (χ2v) is 3.82. The van der Waals surface area contributed by atoms with E-state index < -0.39 is 0 Å². The van der Waals surface area contributed by atoms with Gasteiger partial charge in [-0.15, -0.1) is 0 Å². The van der Waals surface area contributed by atoms with Crippen LogP contribution in [0, 0.1) is 0 Å². The van der Waals surface area contributed by atoms with Crippen molar-refractivity contribution in [3.8, 4) is 0 Å². The lowest BCUT2D eigenvalue weighted by Crippen LogP contribution is -2.44. The minimum atomic E-state index is 0.391. The number of hydrogen-bond donors (Lipinski definition) is 2. The molecule has 4 nitrogen and oxygen atoms in total. The molecule has 0 saturated carbocycles. The fourth-order valence-electron chi connectivity index (χ4n) is 0.929. The molecule has 0 aliphatic carbocycles. The van der Waals surface area contributed by atoms with Gasteiger partial charge in [0.15, 0.2) is 5.96 Å². The van der Waals surface area contributed by atoms with Crippen molar-refractivity contribution in [1.82, 2.24) is 10.6 Å². The van der Waals surface area contributed by atoms with Crippen LogP contribution >= 0.6 is 0 Å². The molecule has 0 saturated heterocycles. The van der Waals surface area contributed by atoms with Gasteiger partial charge in [0.2, 0.25) is 0 Å². The maximum absolute atomic E-state index is 4.94. The first kappa shape index (κ1) is 13.2. The summed E-state index contributed by atoms with van der Waals surface area (Å²) >= 11 is 0. The van der Waals surface area contributed by atoms with Crippen molar-refractivity contribution in [2.75, 3.05) is 20.3 Å². The lowest BCUT2D eigenvalue weighted by atomic mass is 10.4. The van der Waals surface area contributed by atoms with Gasteiger partial charge in [-0.3, -0.25) is 4.99 Å². The molecule has 84 valence electrons. The molecule has 0 aromatic heterocycles. The van der Waals surface area contributed by atoms with E-state index in [0.717, 1.165) is 5.96 Å². The Bertz CT molecular complexity index is 155. The van der Waals surface area contributed by atoms with Gasteiger partial charge < -0.3 is 15.4 Å². The van der Waals surface area contributed by atoms with Crippen molar-refractivity contribution in [3.63, 3.8) is 0 Å². The summed E-state index contributed by atoms with van der Waals surface area (Å²) < 4.78 is 4.94. The predicted molar refractivity (Wildman–Crippen MR) is 60.7 cm³/mol. The molecule has 0 heterocycles. The van der Waals surface area contributed by atoms with Crippen LogP contribution in [0.15, 0.2) is 4.99 Å². The Labute approximate surface area is 87.1 Å². The highest BCUT2D eigenvalue weighted by Gasteiger charge is 2.01. The molecule has 2 N–H and O–H groups in total. The van der Waals surface area contributed by atoms with Crippen LogP contribution < -0.4 is 10.6 Å². The van der Waals surface area contributed by atoms with Crippen molar-refractivity contribution in [2.45, 2.75) is 39.8 Å². The number of guanidine groups is 1. The van der Waals surface area contributed by atoms with Gasteiger partial charge in [-0.25, -0.2) is 0 Å². The highest BCUT2D eigenvalue weighted by atomic mass is 16.5. The van der Waals surface area contributed by atoms with Gasteiger partial charge in [0.05, 0.1) is 13.2 Å². The Hall–Kier alpha value is -0.770. The normalized spacial score (nSPS) is 10.5. The van der Waals surface area contributed by atoms with Crippen LogP contribution in [-0.2, 0) is 4.74 Å². The third-order valence-electron chi connectivity index (χ3n) is 1.42. The molecule has 14 heavy (non-hydrogen) atoms. The highest BCUT2D eigenvalue weighted by Crippen LogP contribution is 1.83.